The summed E-state index contributed by atoms with van der Waals surface area (Å²) in [7, 11) is 0. The lowest BCUT2D eigenvalue weighted by Gasteiger charge is -2.17. The Morgan fingerprint density at radius 3 is 2.11 bits per heavy atom. The number of benzene rings is 2. The summed E-state index contributed by atoms with van der Waals surface area (Å²) in [5.41, 5.74) is 0.461. The second-order valence-electron chi connectivity index (χ2n) is 4.13. The van der Waals surface area contributed by atoms with Gasteiger partial charge < -0.3 is 0 Å². The molecule has 0 saturated heterocycles. The van der Waals surface area contributed by atoms with Gasteiger partial charge in [-0.25, -0.2) is 4.79 Å². The molecule has 0 spiro atoms. The highest BCUT2D eigenvalue weighted by Crippen LogP contribution is 2.28. The van der Waals surface area contributed by atoms with Crippen LogP contribution >= 0.6 is 0 Å². The zero-order valence-corrected chi connectivity index (χ0v) is 10.5. The van der Waals surface area contributed by atoms with E-state index in [0.717, 1.165) is 5.56 Å². The maximum Gasteiger partial charge on any atom is 0.237 e. The molecule has 0 radical (unpaired) electrons. The van der Waals surface area contributed by atoms with Crippen molar-refractivity contribution in [2.75, 3.05) is 0 Å². The molecule has 0 bridgehead atoms. The van der Waals surface area contributed by atoms with E-state index in [2.05, 4.69) is 15.2 Å². The molecule has 4 heteroatoms. The van der Waals surface area contributed by atoms with Crippen LogP contribution in [-0.4, -0.2) is 6.08 Å². The van der Waals surface area contributed by atoms with Crippen LogP contribution in [0.4, 0.5) is 5.69 Å². The quantitative estimate of drug-likeness (QED) is 0.460. The maximum atomic E-state index is 10.6. The summed E-state index contributed by atoms with van der Waals surface area (Å²) in [5, 5.41) is 8.31. The van der Waals surface area contributed by atoms with Crippen molar-refractivity contribution in [1.82, 2.24) is 0 Å². The third-order valence-corrected chi connectivity index (χ3v) is 2.70. The number of rotatable bonds is 4. The Labute approximate surface area is 111 Å². The van der Waals surface area contributed by atoms with Crippen LogP contribution in [0, 0.1) is 0 Å². The molecule has 2 aromatic carbocycles. The largest absolute Gasteiger partial charge is 0.237 e. The van der Waals surface area contributed by atoms with Gasteiger partial charge in [0, 0.05) is 5.56 Å². The van der Waals surface area contributed by atoms with Gasteiger partial charge in [0.15, 0.2) is 0 Å². The normalized spacial score (nSPS) is 13.7. The Morgan fingerprint density at radius 2 is 1.53 bits per heavy atom. The van der Waals surface area contributed by atoms with Crippen LogP contribution in [-0.2, 0) is 10.5 Å². The van der Waals surface area contributed by atoms with Crippen molar-refractivity contribution >= 4 is 11.8 Å². The highest BCUT2D eigenvalue weighted by molar-refractivity contribution is 5.38. The number of azo groups is 1. The Kier molecular flexibility index (Phi) is 3.96. The van der Waals surface area contributed by atoms with Crippen LogP contribution in [0.15, 0.2) is 75.9 Å². The summed E-state index contributed by atoms with van der Waals surface area (Å²) in [6.45, 7) is 1.72. The van der Waals surface area contributed by atoms with E-state index in [1.165, 1.54) is 0 Å². The van der Waals surface area contributed by atoms with E-state index < -0.39 is 5.66 Å². The molecule has 0 N–H and O–H groups in total. The van der Waals surface area contributed by atoms with Crippen LogP contribution in [0.3, 0.4) is 0 Å². The van der Waals surface area contributed by atoms with E-state index >= 15 is 0 Å². The molecule has 0 heterocycles. The predicted octanol–water partition coefficient (Wildman–Crippen LogP) is 3.98. The van der Waals surface area contributed by atoms with Crippen LogP contribution in [0.5, 0.6) is 0 Å². The molecule has 0 amide bonds. The molecule has 4 nitrogen and oxygen atoms in total. The third kappa shape index (κ3) is 3.21. The molecule has 19 heavy (non-hydrogen) atoms. The first kappa shape index (κ1) is 12.9. The molecule has 94 valence electrons. The third-order valence-electron chi connectivity index (χ3n) is 2.70. The van der Waals surface area contributed by atoms with E-state index in [1.54, 1.807) is 13.0 Å². The van der Waals surface area contributed by atoms with Crippen LogP contribution < -0.4 is 0 Å². The SMILES string of the molecule is CC(N=C=O)(N=Nc1ccccc1)c1ccccc1. The summed E-state index contributed by atoms with van der Waals surface area (Å²) in [4.78, 5) is 14.4. The van der Waals surface area contributed by atoms with Gasteiger partial charge in [-0.05, 0) is 19.1 Å². The Balaban J connectivity index is 2.36. The molecular weight excluding hydrogens is 238 g/mol. The zero-order valence-electron chi connectivity index (χ0n) is 10.5. The molecule has 0 aliphatic heterocycles. The number of hydrogen-bond donors (Lipinski definition) is 0. The highest BCUT2D eigenvalue weighted by atomic mass is 16.1. The Morgan fingerprint density at radius 1 is 0.947 bits per heavy atom. The van der Waals surface area contributed by atoms with Crippen molar-refractivity contribution in [3.63, 3.8) is 0 Å². The van der Waals surface area contributed by atoms with E-state index in [-0.39, 0.29) is 0 Å². The minimum absolute atomic E-state index is 0.714. The van der Waals surface area contributed by atoms with Crippen molar-refractivity contribution in [3.05, 3.63) is 66.2 Å². The monoisotopic (exact) mass is 251 g/mol. The summed E-state index contributed by atoms with van der Waals surface area (Å²) in [6, 6.07) is 18.6. The lowest BCUT2D eigenvalue weighted by molar-refractivity contribution is 0.485. The summed E-state index contributed by atoms with van der Waals surface area (Å²) in [6.07, 6.45) is 1.56. The van der Waals surface area contributed by atoms with Crippen LogP contribution in [0.1, 0.15) is 12.5 Å². The van der Waals surface area contributed by atoms with Gasteiger partial charge in [0.2, 0.25) is 11.7 Å². The molecule has 0 saturated carbocycles. The second-order valence-corrected chi connectivity index (χ2v) is 4.13. The number of nitrogens with zero attached hydrogens (tertiary/aromatic N) is 3. The van der Waals surface area contributed by atoms with E-state index in [0.29, 0.717) is 5.69 Å². The van der Waals surface area contributed by atoms with Gasteiger partial charge in [0.05, 0.1) is 5.69 Å². The Hall–Kier alpha value is -2.58. The van der Waals surface area contributed by atoms with Crippen molar-refractivity contribution in [1.29, 1.82) is 0 Å². The second kappa shape index (κ2) is 5.85. The number of aliphatic imine (C=N–C) groups is 1. The van der Waals surface area contributed by atoms with E-state index in [9.17, 15) is 4.79 Å². The number of hydrogen-bond acceptors (Lipinski definition) is 4. The summed E-state index contributed by atoms with van der Waals surface area (Å²) >= 11 is 0. The molecule has 0 aliphatic rings. The minimum Gasteiger partial charge on any atom is -0.211 e. The summed E-state index contributed by atoms with van der Waals surface area (Å²) in [5.74, 6) is 0. The standard InChI is InChI=1S/C15H13N3O/c1-15(16-12-19,13-8-4-2-5-9-13)18-17-14-10-6-3-7-11-14/h2-11H,1H3. The Bertz CT molecular complexity index is 604. The molecule has 1 unspecified atom stereocenters. The number of isocyanates is 1. The van der Waals surface area contributed by atoms with Gasteiger partial charge in [0.1, 0.15) is 0 Å². The maximum absolute atomic E-state index is 10.6. The van der Waals surface area contributed by atoms with Gasteiger partial charge in [0.25, 0.3) is 0 Å². The molecule has 0 aromatic heterocycles. The van der Waals surface area contributed by atoms with Gasteiger partial charge in [-0.15, -0.1) is 0 Å². The summed E-state index contributed by atoms with van der Waals surface area (Å²) < 4.78 is 0. The van der Waals surface area contributed by atoms with E-state index in [1.807, 2.05) is 60.7 Å². The lowest BCUT2D eigenvalue weighted by Crippen LogP contribution is -2.14. The fourth-order valence-corrected chi connectivity index (χ4v) is 1.64. The average Bonchev–Trinajstić information content (AvgIpc) is 2.48. The minimum atomic E-state index is -1.04. The molecule has 0 aliphatic carbocycles. The van der Waals surface area contributed by atoms with Crippen molar-refractivity contribution in [3.8, 4) is 0 Å². The molecular formula is C15H13N3O. The lowest BCUT2D eigenvalue weighted by atomic mass is 10.0. The van der Waals surface area contributed by atoms with Gasteiger partial charge >= 0.3 is 0 Å². The average molecular weight is 251 g/mol. The van der Waals surface area contributed by atoms with Gasteiger partial charge in [-0.1, -0.05) is 48.5 Å². The molecule has 2 aromatic rings. The van der Waals surface area contributed by atoms with Crippen LogP contribution in [0.25, 0.3) is 0 Å². The first-order valence-corrected chi connectivity index (χ1v) is 5.87. The smallest absolute Gasteiger partial charge is 0.211 e. The predicted molar refractivity (Wildman–Crippen MR) is 72.9 cm³/mol. The molecule has 1 atom stereocenters. The zero-order chi connectivity index (χ0) is 13.6. The number of carbonyl (C=O) groups excluding carboxylic acids is 1. The first-order valence-electron chi connectivity index (χ1n) is 5.87. The highest BCUT2D eigenvalue weighted by Gasteiger charge is 2.25. The van der Waals surface area contributed by atoms with Crippen molar-refractivity contribution in [2.24, 2.45) is 15.2 Å². The van der Waals surface area contributed by atoms with Gasteiger partial charge in [-0.3, -0.25) is 0 Å². The molecule has 0 fully saturated rings. The van der Waals surface area contributed by atoms with Crippen LogP contribution in [0.2, 0.25) is 0 Å². The van der Waals surface area contributed by atoms with Crippen molar-refractivity contribution in [2.45, 2.75) is 12.6 Å². The first-order chi connectivity index (χ1) is 9.24. The van der Waals surface area contributed by atoms with Crippen molar-refractivity contribution < 1.29 is 4.79 Å². The fourth-order valence-electron chi connectivity index (χ4n) is 1.64. The fraction of sp³-hybridized carbons (Fsp3) is 0.133. The topological polar surface area (TPSA) is 54.1 Å². The van der Waals surface area contributed by atoms with Gasteiger partial charge in [-0.2, -0.15) is 15.2 Å². The molecule has 2 rings (SSSR count). The van der Waals surface area contributed by atoms with E-state index in [4.69, 9.17) is 0 Å².